The molecule has 1 N–H and O–H groups in total. The van der Waals surface area contributed by atoms with Crippen LogP contribution in [0, 0.1) is 5.92 Å². The SMILES string of the molecule is CCC(C)(C(=O)O)N1CCC(C)CC1C. The van der Waals surface area contributed by atoms with Gasteiger partial charge in [-0.3, -0.25) is 9.69 Å². The average Bonchev–Trinajstić information content (AvgIpc) is 2.16. The first kappa shape index (κ1) is 12.5. The maximum absolute atomic E-state index is 11.3. The summed E-state index contributed by atoms with van der Waals surface area (Å²) in [5.74, 6) is 0.0394. The van der Waals surface area contributed by atoms with E-state index in [0.717, 1.165) is 25.3 Å². The molecule has 1 heterocycles. The van der Waals surface area contributed by atoms with E-state index in [1.54, 1.807) is 0 Å². The second kappa shape index (κ2) is 4.52. The van der Waals surface area contributed by atoms with Gasteiger partial charge in [-0.25, -0.2) is 0 Å². The van der Waals surface area contributed by atoms with E-state index in [4.69, 9.17) is 0 Å². The lowest BCUT2D eigenvalue weighted by atomic mass is 9.86. The molecule has 0 aromatic carbocycles. The lowest BCUT2D eigenvalue weighted by Crippen LogP contribution is -2.58. The van der Waals surface area contributed by atoms with E-state index in [0.29, 0.717) is 12.5 Å². The van der Waals surface area contributed by atoms with Gasteiger partial charge in [0.15, 0.2) is 0 Å². The van der Waals surface area contributed by atoms with Crippen molar-refractivity contribution in [3.8, 4) is 0 Å². The quantitative estimate of drug-likeness (QED) is 0.782. The van der Waals surface area contributed by atoms with Gasteiger partial charge in [0.25, 0.3) is 0 Å². The molecule has 3 unspecified atom stereocenters. The highest BCUT2D eigenvalue weighted by Crippen LogP contribution is 2.30. The molecule has 3 atom stereocenters. The lowest BCUT2D eigenvalue weighted by molar-refractivity contribution is -0.154. The van der Waals surface area contributed by atoms with E-state index in [-0.39, 0.29) is 0 Å². The molecule has 0 aliphatic carbocycles. The number of piperidine rings is 1. The highest BCUT2D eigenvalue weighted by atomic mass is 16.4. The van der Waals surface area contributed by atoms with Crippen molar-refractivity contribution in [1.82, 2.24) is 4.90 Å². The molecule has 3 heteroatoms. The van der Waals surface area contributed by atoms with Crippen molar-refractivity contribution in [3.63, 3.8) is 0 Å². The van der Waals surface area contributed by atoms with Crippen LogP contribution < -0.4 is 0 Å². The van der Waals surface area contributed by atoms with Crippen LogP contribution in [-0.4, -0.2) is 34.1 Å². The number of rotatable bonds is 3. The van der Waals surface area contributed by atoms with Crippen LogP contribution in [0.5, 0.6) is 0 Å². The van der Waals surface area contributed by atoms with E-state index < -0.39 is 11.5 Å². The first-order valence-electron chi connectivity index (χ1n) is 5.92. The summed E-state index contributed by atoms with van der Waals surface area (Å²) in [7, 11) is 0. The van der Waals surface area contributed by atoms with Crippen molar-refractivity contribution in [1.29, 1.82) is 0 Å². The highest BCUT2D eigenvalue weighted by Gasteiger charge is 2.41. The molecular formula is C12H23NO2. The van der Waals surface area contributed by atoms with Crippen LogP contribution in [0.2, 0.25) is 0 Å². The lowest BCUT2D eigenvalue weighted by Gasteiger charge is -2.45. The Labute approximate surface area is 92.5 Å². The summed E-state index contributed by atoms with van der Waals surface area (Å²) >= 11 is 0. The number of hydrogen-bond donors (Lipinski definition) is 1. The van der Waals surface area contributed by atoms with Crippen LogP contribution in [0.15, 0.2) is 0 Å². The van der Waals surface area contributed by atoms with Gasteiger partial charge in [0, 0.05) is 6.04 Å². The summed E-state index contributed by atoms with van der Waals surface area (Å²) in [5, 5.41) is 9.33. The van der Waals surface area contributed by atoms with Gasteiger partial charge in [-0.1, -0.05) is 13.8 Å². The Morgan fingerprint density at radius 3 is 2.53 bits per heavy atom. The zero-order chi connectivity index (χ0) is 11.6. The summed E-state index contributed by atoms with van der Waals surface area (Å²) in [4.78, 5) is 13.5. The molecular weight excluding hydrogens is 190 g/mol. The minimum Gasteiger partial charge on any atom is -0.480 e. The molecule has 1 aliphatic heterocycles. The molecule has 1 fully saturated rings. The van der Waals surface area contributed by atoms with Crippen LogP contribution in [0.3, 0.4) is 0 Å². The molecule has 1 aliphatic rings. The fourth-order valence-electron chi connectivity index (χ4n) is 2.62. The van der Waals surface area contributed by atoms with Crippen LogP contribution in [-0.2, 0) is 4.79 Å². The first-order chi connectivity index (χ1) is 6.91. The Balaban J connectivity index is 2.81. The van der Waals surface area contributed by atoms with Crippen molar-refractivity contribution in [2.45, 2.75) is 58.5 Å². The number of aliphatic carboxylic acids is 1. The molecule has 88 valence electrons. The monoisotopic (exact) mass is 213 g/mol. The summed E-state index contributed by atoms with van der Waals surface area (Å²) in [6.45, 7) is 9.12. The zero-order valence-corrected chi connectivity index (χ0v) is 10.3. The number of likely N-dealkylation sites (tertiary alicyclic amines) is 1. The van der Waals surface area contributed by atoms with Gasteiger partial charge < -0.3 is 5.11 Å². The standard InChI is InChI=1S/C12H23NO2/c1-5-12(4,11(14)15)13-7-6-9(2)8-10(13)3/h9-10H,5-8H2,1-4H3,(H,14,15). The molecule has 0 aromatic heterocycles. The minimum absolute atomic E-state index is 0.384. The highest BCUT2D eigenvalue weighted by molar-refractivity contribution is 5.78. The van der Waals surface area contributed by atoms with E-state index in [9.17, 15) is 9.90 Å². The molecule has 0 saturated carbocycles. The Morgan fingerprint density at radius 2 is 2.13 bits per heavy atom. The molecule has 3 nitrogen and oxygen atoms in total. The van der Waals surface area contributed by atoms with E-state index >= 15 is 0 Å². The Kier molecular flexibility index (Phi) is 3.77. The van der Waals surface area contributed by atoms with Crippen molar-refractivity contribution in [2.75, 3.05) is 6.54 Å². The summed E-state index contributed by atoms with van der Waals surface area (Å²) in [5.41, 5.74) is -0.681. The minimum atomic E-state index is -0.689. The molecule has 0 radical (unpaired) electrons. The van der Waals surface area contributed by atoms with Crippen LogP contribution in [0.4, 0.5) is 0 Å². The molecule has 0 bridgehead atoms. The van der Waals surface area contributed by atoms with Crippen molar-refractivity contribution >= 4 is 5.97 Å². The predicted octanol–water partition coefficient (Wildman–Crippen LogP) is 2.36. The molecule has 15 heavy (non-hydrogen) atoms. The third kappa shape index (κ3) is 2.33. The van der Waals surface area contributed by atoms with E-state index in [1.165, 1.54) is 0 Å². The summed E-state index contributed by atoms with van der Waals surface area (Å²) < 4.78 is 0. The normalized spacial score (nSPS) is 32.3. The fraction of sp³-hybridized carbons (Fsp3) is 0.917. The van der Waals surface area contributed by atoms with Gasteiger partial charge in [-0.15, -0.1) is 0 Å². The summed E-state index contributed by atoms with van der Waals surface area (Å²) in [6.07, 6.45) is 2.90. The molecule has 0 spiro atoms. The van der Waals surface area contributed by atoms with Crippen LogP contribution in [0.25, 0.3) is 0 Å². The predicted molar refractivity (Wildman–Crippen MR) is 60.9 cm³/mol. The molecule has 0 amide bonds. The maximum Gasteiger partial charge on any atom is 0.323 e. The van der Waals surface area contributed by atoms with Crippen molar-refractivity contribution in [3.05, 3.63) is 0 Å². The van der Waals surface area contributed by atoms with Crippen LogP contribution >= 0.6 is 0 Å². The Bertz CT molecular complexity index is 242. The topological polar surface area (TPSA) is 40.5 Å². The molecule has 1 rings (SSSR count). The number of carboxylic acids is 1. The van der Waals surface area contributed by atoms with Gasteiger partial charge in [0.2, 0.25) is 0 Å². The third-order valence-corrected chi connectivity index (χ3v) is 3.92. The maximum atomic E-state index is 11.3. The zero-order valence-electron chi connectivity index (χ0n) is 10.3. The average molecular weight is 213 g/mol. The summed E-state index contributed by atoms with van der Waals surface area (Å²) in [6, 6.07) is 0.384. The van der Waals surface area contributed by atoms with Gasteiger partial charge in [-0.2, -0.15) is 0 Å². The molecule has 1 saturated heterocycles. The van der Waals surface area contributed by atoms with Crippen molar-refractivity contribution in [2.24, 2.45) is 5.92 Å². The Hall–Kier alpha value is -0.570. The second-order valence-electron chi connectivity index (χ2n) is 5.10. The van der Waals surface area contributed by atoms with Gasteiger partial charge in [-0.05, 0) is 45.6 Å². The largest absolute Gasteiger partial charge is 0.480 e. The van der Waals surface area contributed by atoms with Crippen LogP contribution in [0.1, 0.15) is 47.0 Å². The van der Waals surface area contributed by atoms with Gasteiger partial charge in [0.1, 0.15) is 5.54 Å². The molecule has 0 aromatic rings. The fourth-order valence-corrected chi connectivity index (χ4v) is 2.62. The smallest absolute Gasteiger partial charge is 0.323 e. The van der Waals surface area contributed by atoms with E-state index in [1.807, 2.05) is 13.8 Å². The second-order valence-corrected chi connectivity index (χ2v) is 5.10. The number of carboxylic acid groups (broad SMARTS) is 1. The first-order valence-corrected chi connectivity index (χ1v) is 5.92. The number of hydrogen-bond acceptors (Lipinski definition) is 2. The van der Waals surface area contributed by atoms with Gasteiger partial charge in [0.05, 0.1) is 0 Å². The number of nitrogens with zero attached hydrogens (tertiary/aromatic N) is 1. The van der Waals surface area contributed by atoms with Gasteiger partial charge >= 0.3 is 5.97 Å². The van der Waals surface area contributed by atoms with E-state index in [2.05, 4.69) is 18.7 Å². The van der Waals surface area contributed by atoms with Crippen molar-refractivity contribution < 1.29 is 9.90 Å². The Morgan fingerprint density at radius 1 is 1.53 bits per heavy atom. The third-order valence-electron chi connectivity index (χ3n) is 3.92. The number of carbonyl (C=O) groups is 1.